The quantitative estimate of drug-likeness (QED) is 0.631. The molecule has 0 saturated carbocycles. The van der Waals surface area contributed by atoms with E-state index in [1.165, 1.54) is 42.4 Å². The van der Waals surface area contributed by atoms with E-state index in [0.717, 1.165) is 43.3 Å². The largest absolute Gasteiger partial charge is 0.375 e. The Bertz CT molecular complexity index is 923. The van der Waals surface area contributed by atoms with Crippen LogP contribution >= 0.6 is 11.3 Å². The van der Waals surface area contributed by atoms with Gasteiger partial charge in [-0.3, -0.25) is 0 Å². The summed E-state index contributed by atoms with van der Waals surface area (Å²) in [6.07, 6.45) is 5.74. The third kappa shape index (κ3) is 3.64. The van der Waals surface area contributed by atoms with Crippen molar-refractivity contribution in [3.8, 4) is 11.1 Å². The smallest absolute Gasteiger partial charge is 0.141 e. The van der Waals surface area contributed by atoms with Gasteiger partial charge in [-0.2, -0.15) is 0 Å². The predicted octanol–water partition coefficient (Wildman–Crippen LogP) is 4.05. The third-order valence-corrected chi connectivity index (χ3v) is 6.73. The molecule has 1 atom stereocenters. The molecule has 0 amide bonds. The van der Waals surface area contributed by atoms with Gasteiger partial charge in [0.25, 0.3) is 0 Å². The fraction of sp³-hybridized carbons (Fsp3) is 0.455. The molecule has 0 radical (unpaired) electrons. The van der Waals surface area contributed by atoms with Crippen LogP contribution in [-0.4, -0.2) is 60.3 Å². The van der Waals surface area contributed by atoms with E-state index < -0.39 is 0 Å². The molecule has 0 spiro atoms. The number of hydrogen-bond acceptors (Lipinski definition) is 6. The van der Waals surface area contributed by atoms with E-state index >= 15 is 0 Å². The molecule has 5 nitrogen and oxygen atoms in total. The van der Waals surface area contributed by atoms with Crippen molar-refractivity contribution in [1.82, 2.24) is 14.9 Å². The first-order valence-corrected chi connectivity index (χ1v) is 11.1. The van der Waals surface area contributed by atoms with Gasteiger partial charge >= 0.3 is 0 Å². The van der Waals surface area contributed by atoms with Crippen LogP contribution in [0.25, 0.3) is 21.3 Å². The van der Waals surface area contributed by atoms with Crippen molar-refractivity contribution >= 4 is 27.4 Å². The maximum atomic E-state index is 6.20. The second-order valence-corrected chi connectivity index (χ2v) is 8.53. The summed E-state index contributed by atoms with van der Waals surface area (Å²) in [7, 11) is 0. The van der Waals surface area contributed by atoms with E-state index in [1.807, 2.05) is 0 Å². The van der Waals surface area contributed by atoms with Crippen LogP contribution in [0.3, 0.4) is 0 Å². The van der Waals surface area contributed by atoms with Crippen molar-refractivity contribution in [1.29, 1.82) is 0 Å². The lowest BCUT2D eigenvalue weighted by Crippen LogP contribution is -2.28. The van der Waals surface area contributed by atoms with Crippen LogP contribution in [0.4, 0.5) is 5.82 Å². The average Bonchev–Trinajstić information content (AvgIpc) is 3.49. The molecule has 1 unspecified atom stereocenters. The number of fused-ring (bicyclic) bond motifs is 1. The number of benzene rings is 1. The van der Waals surface area contributed by atoms with Crippen molar-refractivity contribution < 1.29 is 4.74 Å². The van der Waals surface area contributed by atoms with Crippen molar-refractivity contribution in [2.24, 2.45) is 0 Å². The highest BCUT2D eigenvalue weighted by molar-refractivity contribution is 7.17. The Hall–Kier alpha value is -2.02. The highest BCUT2D eigenvalue weighted by Gasteiger charge is 2.27. The van der Waals surface area contributed by atoms with E-state index in [2.05, 4.69) is 55.5 Å². The molecule has 0 bridgehead atoms. The number of ether oxygens (including phenoxy) is 1. The van der Waals surface area contributed by atoms with Gasteiger partial charge in [-0.05, 0) is 37.9 Å². The summed E-state index contributed by atoms with van der Waals surface area (Å²) in [6, 6.07) is 10.5. The zero-order valence-corrected chi connectivity index (χ0v) is 16.9. The fourth-order valence-corrected chi connectivity index (χ4v) is 5.25. The summed E-state index contributed by atoms with van der Waals surface area (Å²) in [4.78, 5) is 15.1. The molecule has 3 aromatic rings. The summed E-state index contributed by atoms with van der Waals surface area (Å²) in [5, 5.41) is 3.38. The summed E-state index contributed by atoms with van der Waals surface area (Å²) < 4.78 is 6.20. The lowest BCUT2D eigenvalue weighted by atomic mass is 10.1. The summed E-state index contributed by atoms with van der Waals surface area (Å²) in [5.74, 6) is 1.05. The Kier molecular flexibility index (Phi) is 5.25. The number of rotatable bonds is 6. The molecule has 2 aliphatic heterocycles. The lowest BCUT2D eigenvalue weighted by Gasteiger charge is -2.20. The molecule has 4 heterocycles. The van der Waals surface area contributed by atoms with Crippen molar-refractivity contribution in [3.63, 3.8) is 0 Å². The van der Waals surface area contributed by atoms with Crippen LogP contribution < -0.4 is 4.90 Å². The molecule has 6 heteroatoms. The molecular weight excluding hydrogens is 368 g/mol. The zero-order chi connectivity index (χ0) is 18.8. The average molecular weight is 395 g/mol. The van der Waals surface area contributed by atoms with Crippen LogP contribution in [0, 0.1) is 0 Å². The molecule has 5 rings (SSSR count). The lowest BCUT2D eigenvalue weighted by molar-refractivity contribution is 0.0542. The highest BCUT2D eigenvalue weighted by Crippen LogP contribution is 2.38. The van der Waals surface area contributed by atoms with Gasteiger partial charge in [0.2, 0.25) is 0 Å². The fourth-order valence-electron chi connectivity index (χ4n) is 4.34. The Morgan fingerprint density at radius 3 is 2.79 bits per heavy atom. The van der Waals surface area contributed by atoms with Crippen LogP contribution in [0.15, 0.2) is 42.0 Å². The second kappa shape index (κ2) is 8.15. The van der Waals surface area contributed by atoms with Crippen LogP contribution in [0.5, 0.6) is 0 Å². The van der Waals surface area contributed by atoms with E-state index in [0.29, 0.717) is 6.10 Å². The molecule has 0 aliphatic carbocycles. The molecular formula is C22H26N4OS. The molecule has 146 valence electrons. The standard InChI is InChI=1S/C22H26N4OS/c1-2-6-17(7-3-1)19-15-28-22-20(19)21(23-16-24-22)26-11-8-18(14-26)27-13-12-25-9-4-5-10-25/h1-3,6-7,15-16,18H,4-5,8-14H2. The topological polar surface area (TPSA) is 41.5 Å². The number of hydrogen-bond donors (Lipinski definition) is 0. The zero-order valence-electron chi connectivity index (χ0n) is 16.1. The molecule has 2 aromatic heterocycles. The van der Waals surface area contributed by atoms with Gasteiger partial charge in [0.1, 0.15) is 17.0 Å². The number of thiophene rings is 1. The Balaban J connectivity index is 1.31. The first-order valence-electron chi connectivity index (χ1n) is 10.2. The first kappa shape index (κ1) is 18.0. The van der Waals surface area contributed by atoms with Gasteiger partial charge in [0, 0.05) is 30.6 Å². The Morgan fingerprint density at radius 2 is 1.93 bits per heavy atom. The Morgan fingerprint density at radius 1 is 1.07 bits per heavy atom. The Labute approximate surface area is 170 Å². The van der Waals surface area contributed by atoms with Gasteiger partial charge in [-0.1, -0.05) is 30.3 Å². The van der Waals surface area contributed by atoms with Crippen LogP contribution in [0.2, 0.25) is 0 Å². The molecule has 2 fully saturated rings. The van der Waals surface area contributed by atoms with Crippen molar-refractivity contribution in [2.45, 2.75) is 25.4 Å². The highest BCUT2D eigenvalue weighted by atomic mass is 32.1. The van der Waals surface area contributed by atoms with Gasteiger partial charge < -0.3 is 14.5 Å². The monoisotopic (exact) mass is 394 g/mol. The summed E-state index contributed by atoms with van der Waals surface area (Å²) in [6.45, 7) is 6.28. The molecule has 1 aromatic carbocycles. The van der Waals surface area contributed by atoms with Gasteiger partial charge in [0.05, 0.1) is 18.1 Å². The van der Waals surface area contributed by atoms with Crippen LogP contribution in [0.1, 0.15) is 19.3 Å². The molecule has 28 heavy (non-hydrogen) atoms. The number of nitrogens with zero attached hydrogens (tertiary/aromatic N) is 4. The summed E-state index contributed by atoms with van der Waals surface area (Å²) >= 11 is 1.70. The summed E-state index contributed by atoms with van der Waals surface area (Å²) in [5.41, 5.74) is 2.46. The van der Waals surface area contributed by atoms with Crippen molar-refractivity contribution in [2.75, 3.05) is 44.2 Å². The maximum Gasteiger partial charge on any atom is 0.141 e. The van der Waals surface area contributed by atoms with E-state index in [-0.39, 0.29) is 0 Å². The van der Waals surface area contributed by atoms with Gasteiger partial charge in [-0.25, -0.2) is 9.97 Å². The third-order valence-electron chi connectivity index (χ3n) is 5.84. The van der Waals surface area contributed by atoms with Crippen LogP contribution in [-0.2, 0) is 4.74 Å². The number of likely N-dealkylation sites (tertiary alicyclic amines) is 1. The minimum atomic E-state index is 0.298. The van der Waals surface area contributed by atoms with Gasteiger partial charge in [0.15, 0.2) is 0 Å². The minimum absolute atomic E-state index is 0.298. The van der Waals surface area contributed by atoms with Crippen molar-refractivity contribution in [3.05, 3.63) is 42.0 Å². The molecule has 2 saturated heterocycles. The van der Waals surface area contributed by atoms with E-state index in [9.17, 15) is 0 Å². The second-order valence-electron chi connectivity index (χ2n) is 7.67. The molecule has 2 aliphatic rings. The normalized spacial score (nSPS) is 20.4. The SMILES string of the molecule is c1ccc(-c2csc3ncnc(N4CCC(OCCN5CCCC5)C4)c23)cc1. The minimum Gasteiger partial charge on any atom is -0.375 e. The number of aromatic nitrogens is 2. The maximum absolute atomic E-state index is 6.20. The number of anilines is 1. The van der Waals surface area contributed by atoms with E-state index in [4.69, 9.17) is 4.74 Å². The first-order chi connectivity index (χ1) is 13.9. The predicted molar refractivity (Wildman–Crippen MR) is 115 cm³/mol. The van der Waals surface area contributed by atoms with E-state index in [1.54, 1.807) is 17.7 Å². The molecule has 0 N–H and O–H groups in total. The van der Waals surface area contributed by atoms with Gasteiger partial charge in [-0.15, -0.1) is 11.3 Å².